The summed E-state index contributed by atoms with van der Waals surface area (Å²) in [6.07, 6.45) is 4.11. The van der Waals surface area contributed by atoms with Crippen LogP contribution in [0.2, 0.25) is 0 Å². The van der Waals surface area contributed by atoms with Crippen LogP contribution in [0.3, 0.4) is 0 Å². The molecule has 18 heavy (non-hydrogen) atoms. The fourth-order valence-corrected chi connectivity index (χ4v) is 2.81. The lowest BCUT2D eigenvalue weighted by Crippen LogP contribution is -2.41. The highest BCUT2D eigenvalue weighted by Gasteiger charge is 2.33. The monoisotopic (exact) mass is 251 g/mol. The van der Waals surface area contributed by atoms with Crippen LogP contribution < -0.4 is 5.32 Å². The fourth-order valence-electron chi connectivity index (χ4n) is 2.81. The van der Waals surface area contributed by atoms with Gasteiger partial charge in [-0.15, -0.1) is 0 Å². The Morgan fingerprint density at radius 3 is 2.67 bits per heavy atom. The number of aryl methyl sites for hydroxylation is 1. The molecule has 1 aromatic rings. The predicted octanol–water partition coefficient (Wildman–Crippen LogP) is 2.57. The summed E-state index contributed by atoms with van der Waals surface area (Å²) in [4.78, 5) is 0. The number of aliphatic hydroxyl groups is 1. The lowest BCUT2D eigenvalue weighted by Gasteiger charge is -2.36. The molecular weight excluding hydrogens is 229 g/mol. The van der Waals surface area contributed by atoms with Gasteiger partial charge in [0.2, 0.25) is 0 Å². The van der Waals surface area contributed by atoms with Gasteiger partial charge in [0, 0.05) is 12.5 Å². The Morgan fingerprint density at radius 2 is 2.06 bits per heavy atom. The first kappa shape index (κ1) is 13.5. The van der Waals surface area contributed by atoms with Crippen molar-refractivity contribution in [3.8, 4) is 0 Å². The van der Waals surface area contributed by atoms with E-state index >= 15 is 0 Å². The van der Waals surface area contributed by atoms with Gasteiger partial charge in [0.15, 0.2) is 0 Å². The van der Waals surface area contributed by atoms with E-state index in [-0.39, 0.29) is 5.82 Å². The van der Waals surface area contributed by atoms with E-state index in [0.29, 0.717) is 12.5 Å². The molecule has 100 valence electrons. The molecule has 0 amide bonds. The normalized spacial score (nSPS) is 28.3. The zero-order valence-electron chi connectivity index (χ0n) is 11.2. The summed E-state index contributed by atoms with van der Waals surface area (Å²) in [5, 5.41) is 13.9. The minimum atomic E-state index is -0.661. The molecular formula is C15H22FNO. The van der Waals surface area contributed by atoms with Gasteiger partial charge >= 0.3 is 0 Å². The maximum atomic E-state index is 13.3. The topological polar surface area (TPSA) is 32.3 Å². The summed E-state index contributed by atoms with van der Waals surface area (Å²) >= 11 is 0. The molecule has 0 bridgehead atoms. The van der Waals surface area contributed by atoms with Gasteiger partial charge in [0.1, 0.15) is 5.82 Å². The summed E-state index contributed by atoms with van der Waals surface area (Å²) in [6, 6.07) is 5.32. The van der Waals surface area contributed by atoms with Crippen LogP contribution in [0, 0.1) is 12.7 Å². The quantitative estimate of drug-likeness (QED) is 0.865. The zero-order valence-corrected chi connectivity index (χ0v) is 11.2. The Balaban J connectivity index is 2.06. The molecule has 1 aliphatic carbocycles. The first-order valence-electron chi connectivity index (χ1n) is 6.67. The second kappa shape index (κ2) is 5.37. The van der Waals surface area contributed by atoms with E-state index in [4.69, 9.17) is 0 Å². The Morgan fingerprint density at radius 1 is 1.39 bits per heavy atom. The van der Waals surface area contributed by atoms with Gasteiger partial charge < -0.3 is 10.4 Å². The van der Waals surface area contributed by atoms with E-state index in [9.17, 15) is 9.50 Å². The van der Waals surface area contributed by atoms with Crippen LogP contribution in [-0.4, -0.2) is 23.8 Å². The Labute approximate surface area is 108 Å². The van der Waals surface area contributed by atoms with Crippen molar-refractivity contribution in [1.82, 2.24) is 5.32 Å². The van der Waals surface area contributed by atoms with E-state index in [2.05, 4.69) is 5.32 Å². The molecule has 0 aliphatic heterocycles. The van der Waals surface area contributed by atoms with Crippen molar-refractivity contribution in [3.05, 3.63) is 35.1 Å². The third-order valence-corrected chi connectivity index (χ3v) is 4.16. The molecule has 0 spiro atoms. The molecule has 1 aromatic carbocycles. The fraction of sp³-hybridized carbons (Fsp3) is 0.600. The van der Waals surface area contributed by atoms with Gasteiger partial charge in [-0.1, -0.05) is 6.07 Å². The molecule has 2 rings (SSSR count). The Hall–Kier alpha value is -0.930. The number of rotatable bonds is 3. The van der Waals surface area contributed by atoms with Crippen molar-refractivity contribution < 1.29 is 9.50 Å². The molecule has 0 unspecified atom stereocenters. The van der Waals surface area contributed by atoms with Crippen LogP contribution >= 0.6 is 0 Å². The van der Waals surface area contributed by atoms with Gasteiger partial charge in [-0.3, -0.25) is 0 Å². The highest BCUT2D eigenvalue weighted by Crippen LogP contribution is 2.32. The zero-order chi connectivity index (χ0) is 13.2. The van der Waals surface area contributed by atoms with Crippen LogP contribution in [0.1, 0.15) is 36.8 Å². The van der Waals surface area contributed by atoms with Crippen LogP contribution in [0.5, 0.6) is 0 Å². The largest absolute Gasteiger partial charge is 0.390 e. The molecule has 0 radical (unpaired) electrons. The molecule has 1 saturated carbocycles. The molecule has 2 N–H and O–H groups in total. The highest BCUT2D eigenvalue weighted by atomic mass is 19.1. The first-order chi connectivity index (χ1) is 8.52. The third kappa shape index (κ3) is 3.09. The number of nitrogens with one attached hydrogen (secondary N) is 1. The molecule has 0 saturated heterocycles. The molecule has 0 atom stereocenters. The van der Waals surface area contributed by atoms with E-state index in [1.807, 2.05) is 14.0 Å². The van der Waals surface area contributed by atoms with Crippen molar-refractivity contribution in [2.24, 2.45) is 0 Å². The molecule has 2 nitrogen and oxygen atoms in total. The summed E-state index contributed by atoms with van der Waals surface area (Å²) in [7, 11) is 1.96. The lowest BCUT2D eigenvalue weighted by molar-refractivity contribution is -0.00258. The highest BCUT2D eigenvalue weighted by molar-refractivity contribution is 5.28. The van der Waals surface area contributed by atoms with Crippen LogP contribution in [0.15, 0.2) is 18.2 Å². The molecule has 1 fully saturated rings. The van der Waals surface area contributed by atoms with Gasteiger partial charge in [-0.05, 0) is 62.9 Å². The van der Waals surface area contributed by atoms with E-state index < -0.39 is 5.60 Å². The Kier molecular flexibility index (Phi) is 4.03. The van der Waals surface area contributed by atoms with Crippen molar-refractivity contribution in [2.45, 2.75) is 50.7 Å². The molecule has 0 heterocycles. The van der Waals surface area contributed by atoms with Crippen molar-refractivity contribution in [1.29, 1.82) is 0 Å². The van der Waals surface area contributed by atoms with Crippen molar-refractivity contribution >= 4 is 0 Å². The lowest BCUT2D eigenvalue weighted by atomic mass is 9.78. The van der Waals surface area contributed by atoms with Gasteiger partial charge in [0.25, 0.3) is 0 Å². The average molecular weight is 251 g/mol. The van der Waals surface area contributed by atoms with E-state index in [0.717, 1.165) is 36.8 Å². The summed E-state index contributed by atoms with van der Waals surface area (Å²) in [5.41, 5.74) is 1.33. The van der Waals surface area contributed by atoms with E-state index in [1.165, 1.54) is 6.07 Å². The number of hydrogen-bond acceptors (Lipinski definition) is 2. The van der Waals surface area contributed by atoms with Crippen molar-refractivity contribution in [2.75, 3.05) is 7.05 Å². The number of benzene rings is 1. The first-order valence-corrected chi connectivity index (χ1v) is 6.67. The second-order valence-corrected chi connectivity index (χ2v) is 5.53. The van der Waals surface area contributed by atoms with E-state index in [1.54, 1.807) is 12.1 Å². The minimum Gasteiger partial charge on any atom is -0.390 e. The molecule has 1 aliphatic rings. The number of halogens is 1. The van der Waals surface area contributed by atoms with Crippen LogP contribution in [0.25, 0.3) is 0 Å². The Bertz CT molecular complexity index is 411. The minimum absolute atomic E-state index is 0.219. The smallest absolute Gasteiger partial charge is 0.123 e. The van der Waals surface area contributed by atoms with Crippen molar-refractivity contribution in [3.63, 3.8) is 0 Å². The SMILES string of the molecule is CNC1CCC(O)(Cc2cc(F)ccc2C)CC1. The van der Waals surface area contributed by atoms with Gasteiger partial charge in [0.05, 0.1) is 5.60 Å². The van der Waals surface area contributed by atoms with Gasteiger partial charge in [-0.25, -0.2) is 4.39 Å². The summed E-state index contributed by atoms with van der Waals surface area (Å²) in [6.45, 7) is 1.97. The van der Waals surface area contributed by atoms with Gasteiger partial charge in [-0.2, -0.15) is 0 Å². The standard InChI is InChI=1S/C15H22FNO/c1-11-3-4-13(16)9-12(11)10-15(18)7-5-14(17-2)6-8-15/h3-4,9,14,17-18H,5-8,10H2,1-2H3. The third-order valence-electron chi connectivity index (χ3n) is 4.16. The maximum absolute atomic E-state index is 13.3. The average Bonchev–Trinajstić information content (AvgIpc) is 2.35. The van der Waals surface area contributed by atoms with Crippen LogP contribution in [-0.2, 0) is 6.42 Å². The van der Waals surface area contributed by atoms with Crippen LogP contribution in [0.4, 0.5) is 4.39 Å². The predicted molar refractivity (Wildman–Crippen MR) is 71.1 cm³/mol. The molecule has 3 heteroatoms. The maximum Gasteiger partial charge on any atom is 0.123 e. The number of hydrogen-bond donors (Lipinski definition) is 2. The second-order valence-electron chi connectivity index (χ2n) is 5.53. The summed E-state index contributed by atoms with van der Waals surface area (Å²) < 4.78 is 13.3. The molecule has 0 aromatic heterocycles. The summed E-state index contributed by atoms with van der Waals surface area (Å²) in [5.74, 6) is -0.219.